The van der Waals surface area contributed by atoms with Gasteiger partial charge in [0.1, 0.15) is 0 Å². The number of carbonyl (C=O) groups is 2. The topological polar surface area (TPSA) is 66.4 Å². The van der Waals surface area contributed by atoms with Crippen molar-refractivity contribution in [1.82, 2.24) is 5.32 Å². The van der Waals surface area contributed by atoms with Gasteiger partial charge in [0, 0.05) is 13.5 Å². The fourth-order valence-electron chi connectivity index (χ4n) is 2.43. The lowest BCUT2D eigenvalue weighted by Gasteiger charge is -2.50. The van der Waals surface area contributed by atoms with Crippen LogP contribution in [0.25, 0.3) is 0 Å². The number of carboxylic acids is 1. The molecule has 2 N–H and O–H groups in total. The molecule has 0 spiro atoms. The first-order valence-corrected chi connectivity index (χ1v) is 4.75. The third kappa shape index (κ3) is 2.05. The normalized spacial score (nSPS) is 22.2. The molecule has 14 heavy (non-hydrogen) atoms. The van der Waals surface area contributed by atoms with Crippen LogP contribution < -0.4 is 5.32 Å². The van der Waals surface area contributed by atoms with Gasteiger partial charge in [-0.3, -0.25) is 9.59 Å². The zero-order valence-corrected chi connectivity index (χ0v) is 8.89. The highest BCUT2D eigenvalue weighted by Gasteiger charge is 2.54. The summed E-state index contributed by atoms with van der Waals surface area (Å²) in [6.07, 6.45) is 1.27. The van der Waals surface area contributed by atoms with Gasteiger partial charge in [0.2, 0.25) is 5.91 Å². The SMILES string of the molecule is CC(=O)NCC1(C(=O)O)CC(C)(C)C1. The first-order valence-electron chi connectivity index (χ1n) is 4.75. The zero-order valence-electron chi connectivity index (χ0n) is 8.89. The molecular formula is C10H17NO3. The maximum absolute atomic E-state index is 11.1. The van der Waals surface area contributed by atoms with Crippen molar-refractivity contribution < 1.29 is 14.7 Å². The van der Waals surface area contributed by atoms with Gasteiger partial charge in [-0.15, -0.1) is 0 Å². The summed E-state index contributed by atoms with van der Waals surface area (Å²) in [4.78, 5) is 21.8. The molecule has 0 aromatic heterocycles. The quantitative estimate of drug-likeness (QED) is 0.713. The molecule has 0 saturated heterocycles. The summed E-state index contributed by atoms with van der Waals surface area (Å²) in [5.74, 6) is -0.971. The molecule has 0 aromatic carbocycles. The molecule has 1 saturated carbocycles. The van der Waals surface area contributed by atoms with E-state index in [2.05, 4.69) is 5.32 Å². The molecule has 0 aliphatic heterocycles. The molecule has 4 heteroatoms. The molecule has 80 valence electrons. The number of rotatable bonds is 3. The fourth-order valence-corrected chi connectivity index (χ4v) is 2.43. The molecule has 4 nitrogen and oxygen atoms in total. The number of carbonyl (C=O) groups excluding carboxylic acids is 1. The summed E-state index contributed by atoms with van der Waals surface area (Å²) in [7, 11) is 0. The second kappa shape index (κ2) is 3.26. The minimum Gasteiger partial charge on any atom is -0.481 e. The van der Waals surface area contributed by atoms with Crippen LogP contribution in [0.3, 0.4) is 0 Å². The Labute approximate surface area is 83.7 Å². The smallest absolute Gasteiger partial charge is 0.311 e. The highest BCUT2D eigenvalue weighted by Crippen LogP contribution is 2.53. The summed E-state index contributed by atoms with van der Waals surface area (Å²) in [6.45, 7) is 5.74. The Kier molecular flexibility index (Phi) is 2.56. The molecule has 1 amide bonds. The first-order chi connectivity index (χ1) is 6.27. The van der Waals surface area contributed by atoms with Gasteiger partial charge in [0.05, 0.1) is 5.41 Å². The molecule has 1 rings (SSSR count). The number of aliphatic carboxylic acids is 1. The van der Waals surface area contributed by atoms with Crippen LogP contribution in [0.4, 0.5) is 0 Å². The van der Waals surface area contributed by atoms with Crippen LogP contribution >= 0.6 is 0 Å². The van der Waals surface area contributed by atoms with Crippen LogP contribution in [0.15, 0.2) is 0 Å². The van der Waals surface area contributed by atoms with E-state index < -0.39 is 11.4 Å². The summed E-state index contributed by atoms with van der Waals surface area (Å²) < 4.78 is 0. The highest BCUT2D eigenvalue weighted by molar-refractivity contribution is 5.78. The van der Waals surface area contributed by atoms with Gasteiger partial charge in [-0.25, -0.2) is 0 Å². The van der Waals surface area contributed by atoms with Crippen LogP contribution in [0.2, 0.25) is 0 Å². The van der Waals surface area contributed by atoms with Crippen molar-refractivity contribution >= 4 is 11.9 Å². The van der Waals surface area contributed by atoms with Crippen LogP contribution in [-0.4, -0.2) is 23.5 Å². The minimum atomic E-state index is -0.800. The second-order valence-electron chi connectivity index (χ2n) is 5.01. The maximum Gasteiger partial charge on any atom is 0.311 e. The van der Waals surface area contributed by atoms with Crippen LogP contribution in [0.1, 0.15) is 33.6 Å². The first kappa shape index (κ1) is 11.0. The monoisotopic (exact) mass is 199 g/mol. The Bertz CT molecular complexity index is 263. The Hall–Kier alpha value is -1.06. The Morgan fingerprint density at radius 2 is 1.86 bits per heavy atom. The number of hydrogen-bond acceptors (Lipinski definition) is 2. The van der Waals surface area contributed by atoms with Gasteiger partial charge < -0.3 is 10.4 Å². The molecule has 0 radical (unpaired) electrons. The zero-order chi connectivity index (χ0) is 11.0. The van der Waals surface area contributed by atoms with Gasteiger partial charge in [0.15, 0.2) is 0 Å². The van der Waals surface area contributed by atoms with Crippen LogP contribution in [0, 0.1) is 10.8 Å². The Balaban J connectivity index is 2.59. The average molecular weight is 199 g/mol. The summed E-state index contributed by atoms with van der Waals surface area (Å²) in [5.41, 5.74) is -0.633. The van der Waals surface area contributed by atoms with E-state index in [1.54, 1.807) is 0 Å². The standard InChI is InChI=1S/C10H17NO3/c1-7(12)11-6-10(8(13)14)4-9(2,3)5-10/h4-6H2,1-3H3,(H,11,12)(H,13,14). The number of hydrogen-bond donors (Lipinski definition) is 2. The lowest BCUT2D eigenvalue weighted by Crippen LogP contribution is -2.54. The number of carboxylic acid groups (broad SMARTS) is 1. The van der Waals surface area contributed by atoms with Gasteiger partial charge in [-0.2, -0.15) is 0 Å². The molecule has 0 atom stereocenters. The van der Waals surface area contributed by atoms with E-state index in [4.69, 9.17) is 5.11 Å². The van der Waals surface area contributed by atoms with E-state index in [-0.39, 0.29) is 17.9 Å². The maximum atomic E-state index is 11.1. The predicted molar refractivity (Wildman–Crippen MR) is 51.8 cm³/mol. The fraction of sp³-hybridized carbons (Fsp3) is 0.800. The minimum absolute atomic E-state index is 0.0941. The molecular weight excluding hydrogens is 182 g/mol. The lowest BCUT2D eigenvalue weighted by molar-refractivity contribution is -0.163. The molecule has 0 bridgehead atoms. The average Bonchev–Trinajstić information content (AvgIpc) is 1.95. The number of amides is 1. The van der Waals surface area contributed by atoms with Crippen molar-refractivity contribution in [1.29, 1.82) is 0 Å². The highest BCUT2D eigenvalue weighted by atomic mass is 16.4. The second-order valence-corrected chi connectivity index (χ2v) is 5.01. The third-order valence-electron chi connectivity index (χ3n) is 2.76. The van der Waals surface area contributed by atoms with Gasteiger partial charge in [0.25, 0.3) is 0 Å². The summed E-state index contributed by atoms with van der Waals surface area (Å²) in [5, 5.41) is 11.7. The van der Waals surface area contributed by atoms with Gasteiger partial charge >= 0.3 is 5.97 Å². The van der Waals surface area contributed by atoms with Gasteiger partial charge in [-0.1, -0.05) is 13.8 Å². The van der Waals surface area contributed by atoms with Gasteiger partial charge in [-0.05, 0) is 18.3 Å². The number of nitrogens with one attached hydrogen (secondary N) is 1. The van der Waals surface area contributed by atoms with E-state index in [1.165, 1.54) is 6.92 Å². The molecule has 0 aromatic rings. The molecule has 1 aliphatic carbocycles. The lowest BCUT2D eigenvalue weighted by atomic mass is 9.54. The largest absolute Gasteiger partial charge is 0.481 e. The van der Waals surface area contributed by atoms with Crippen molar-refractivity contribution in [2.45, 2.75) is 33.6 Å². The Morgan fingerprint density at radius 1 is 1.36 bits per heavy atom. The van der Waals surface area contributed by atoms with E-state index in [9.17, 15) is 9.59 Å². The van der Waals surface area contributed by atoms with Crippen molar-refractivity contribution in [2.24, 2.45) is 10.8 Å². The van der Waals surface area contributed by atoms with Crippen molar-refractivity contribution in [2.75, 3.05) is 6.54 Å². The predicted octanol–water partition coefficient (Wildman–Crippen LogP) is 1.01. The molecule has 0 heterocycles. The Morgan fingerprint density at radius 3 is 2.14 bits per heavy atom. The van der Waals surface area contributed by atoms with E-state index >= 15 is 0 Å². The van der Waals surface area contributed by atoms with Crippen LogP contribution in [0.5, 0.6) is 0 Å². The van der Waals surface area contributed by atoms with Crippen LogP contribution in [-0.2, 0) is 9.59 Å². The van der Waals surface area contributed by atoms with Crippen molar-refractivity contribution in [3.05, 3.63) is 0 Å². The molecule has 0 unspecified atom stereocenters. The van der Waals surface area contributed by atoms with E-state index in [0.29, 0.717) is 12.8 Å². The molecule has 1 aliphatic rings. The van der Waals surface area contributed by atoms with E-state index in [1.807, 2.05) is 13.8 Å². The van der Waals surface area contributed by atoms with Crippen molar-refractivity contribution in [3.8, 4) is 0 Å². The third-order valence-corrected chi connectivity index (χ3v) is 2.76. The molecule has 1 fully saturated rings. The van der Waals surface area contributed by atoms with E-state index in [0.717, 1.165) is 0 Å². The summed E-state index contributed by atoms with van der Waals surface area (Å²) >= 11 is 0. The van der Waals surface area contributed by atoms with Crippen molar-refractivity contribution in [3.63, 3.8) is 0 Å². The summed E-state index contributed by atoms with van der Waals surface area (Å²) in [6, 6.07) is 0.